The van der Waals surface area contributed by atoms with Gasteiger partial charge in [-0.2, -0.15) is 0 Å². The van der Waals surface area contributed by atoms with E-state index in [0.29, 0.717) is 27.4 Å². The molecule has 0 spiro atoms. The molecule has 0 unspecified atom stereocenters. The van der Waals surface area contributed by atoms with Crippen molar-refractivity contribution < 1.29 is 19.4 Å². The Morgan fingerprint density at radius 2 is 1.74 bits per heavy atom. The first-order valence-electron chi connectivity index (χ1n) is 9.91. The summed E-state index contributed by atoms with van der Waals surface area (Å²) in [5.74, 6) is -0.831. The van der Waals surface area contributed by atoms with E-state index in [4.69, 9.17) is 4.74 Å². The van der Waals surface area contributed by atoms with Gasteiger partial charge in [0, 0.05) is 22.1 Å². The highest BCUT2D eigenvalue weighted by atomic mass is 32.1. The minimum Gasteiger partial charge on any atom is -0.506 e. The summed E-state index contributed by atoms with van der Waals surface area (Å²) in [7, 11) is 0. The predicted octanol–water partition coefficient (Wildman–Crippen LogP) is 6.16. The molecule has 0 fully saturated rings. The first-order valence-corrected chi connectivity index (χ1v) is 10.8. The summed E-state index contributed by atoms with van der Waals surface area (Å²) in [5, 5.41) is 12.9. The molecule has 31 heavy (non-hydrogen) atoms. The van der Waals surface area contributed by atoms with E-state index in [2.05, 4.69) is 4.99 Å². The van der Waals surface area contributed by atoms with E-state index >= 15 is 0 Å². The predicted molar refractivity (Wildman–Crippen MR) is 124 cm³/mol. The number of aliphatic imine (C=N–C) groups is 1. The SMILES string of the molecule is CCOC(=O)c1c(-c2ccc(C)cc2)csc1N=C(C)C1=C(O)c2ccccc2C1=O. The molecule has 0 atom stereocenters. The highest BCUT2D eigenvalue weighted by Gasteiger charge is 2.31. The third kappa shape index (κ3) is 3.70. The molecule has 1 aromatic heterocycles. The number of nitrogens with zero attached hydrogens (tertiary/aromatic N) is 1. The number of aliphatic hydroxyl groups excluding tert-OH is 1. The van der Waals surface area contributed by atoms with Gasteiger partial charge in [-0.15, -0.1) is 11.3 Å². The number of ether oxygens (including phenoxy) is 1. The van der Waals surface area contributed by atoms with Crippen molar-refractivity contribution in [1.29, 1.82) is 0 Å². The molecule has 3 aromatic rings. The molecular formula is C25H21NO4S. The Morgan fingerprint density at radius 1 is 1.06 bits per heavy atom. The number of esters is 1. The molecule has 156 valence electrons. The lowest BCUT2D eigenvalue weighted by molar-refractivity contribution is 0.0528. The largest absolute Gasteiger partial charge is 0.506 e. The zero-order chi connectivity index (χ0) is 22.1. The van der Waals surface area contributed by atoms with Gasteiger partial charge in [0.1, 0.15) is 16.3 Å². The summed E-state index contributed by atoms with van der Waals surface area (Å²) in [6.45, 7) is 5.65. The fourth-order valence-corrected chi connectivity index (χ4v) is 4.57. The maximum absolute atomic E-state index is 12.8. The third-order valence-corrected chi connectivity index (χ3v) is 6.01. The maximum atomic E-state index is 12.8. The summed E-state index contributed by atoms with van der Waals surface area (Å²) in [6, 6.07) is 14.8. The van der Waals surface area contributed by atoms with E-state index in [9.17, 15) is 14.7 Å². The van der Waals surface area contributed by atoms with Crippen LogP contribution in [0, 0.1) is 6.92 Å². The van der Waals surface area contributed by atoms with Crippen LogP contribution in [0.1, 0.15) is 45.7 Å². The number of carbonyl (C=O) groups excluding carboxylic acids is 2. The van der Waals surface area contributed by atoms with Crippen LogP contribution in [0.5, 0.6) is 0 Å². The minimum absolute atomic E-state index is 0.0881. The number of fused-ring (bicyclic) bond motifs is 1. The van der Waals surface area contributed by atoms with Crippen molar-refractivity contribution in [3.05, 3.63) is 81.7 Å². The molecule has 0 amide bonds. The number of benzene rings is 2. The van der Waals surface area contributed by atoms with E-state index in [-0.39, 0.29) is 23.7 Å². The second-order valence-corrected chi connectivity index (χ2v) is 8.07. The third-order valence-electron chi connectivity index (χ3n) is 5.14. The molecule has 0 saturated carbocycles. The molecule has 1 N–H and O–H groups in total. The number of carbonyl (C=O) groups is 2. The first-order chi connectivity index (χ1) is 14.9. The monoisotopic (exact) mass is 431 g/mol. The molecule has 1 aliphatic rings. The Labute approximate surface area is 184 Å². The van der Waals surface area contributed by atoms with E-state index in [0.717, 1.165) is 16.7 Å². The van der Waals surface area contributed by atoms with E-state index in [1.54, 1.807) is 38.1 Å². The number of hydrogen-bond acceptors (Lipinski definition) is 6. The molecule has 0 saturated heterocycles. The Balaban J connectivity index is 1.81. The maximum Gasteiger partial charge on any atom is 0.341 e. The number of aryl methyl sites for hydroxylation is 1. The van der Waals surface area contributed by atoms with E-state index in [1.165, 1.54) is 11.3 Å². The molecular weight excluding hydrogens is 410 g/mol. The van der Waals surface area contributed by atoms with Crippen molar-refractivity contribution in [3.63, 3.8) is 0 Å². The van der Waals surface area contributed by atoms with Gasteiger partial charge >= 0.3 is 5.97 Å². The van der Waals surface area contributed by atoms with Gasteiger partial charge in [0.25, 0.3) is 0 Å². The topological polar surface area (TPSA) is 76.0 Å². The molecule has 1 aliphatic carbocycles. The van der Waals surface area contributed by atoms with Gasteiger partial charge in [-0.25, -0.2) is 9.79 Å². The standard InChI is InChI=1S/C25H21NO4S/c1-4-30-25(29)21-19(16-11-9-14(2)10-12-16)13-31-24(21)26-15(3)20-22(27)17-7-5-6-8-18(17)23(20)28/h5-13,27H,4H2,1-3H3. The number of rotatable bonds is 5. The normalized spacial score (nSPS) is 13.5. The minimum atomic E-state index is -0.467. The Hall–Kier alpha value is -3.51. The van der Waals surface area contributed by atoms with Gasteiger partial charge in [-0.05, 0) is 26.3 Å². The lowest BCUT2D eigenvalue weighted by atomic mass is 10.0. The van der Waals surface area contributed by atoms with Crippen molar-refractivity contribution in [2.45, 2.75) is 20.8 Å². The Morgan fingerprint density at radius 3 is 2.39 bits per heavy atom. The first kappa shape index (κ1) is 20.8. The van der Waals surface area contributed by atoms with Crippen molar-refractivity contribution >= 4 is 39.6 Å². The van der Waals surface area contributed by atoms with Crippen molar-refractivity contribution in [2.75, 3.05) is 6.61 Å². The number of hydrogen-bond donors (Lipinski definition) is 1. The molecule has 0 bridgehead atoms. The van der Waals surface area contributed by atoms with Gasteiger partial charge in [0.2, 0.25) is 0 Å². The fraction of sp³-hybridized carbons (Fsp3) is 0.160. The lowest BCUT2D eigenvalue weighted by Crippen LogP contribution is -2.08. The summed E-state index contributed by atoms with van der Waals surface area (Å²) >= 11 is 1.30. The second-order valence-electron chi connectivity index (χ2n) is 7.21. The second kappa shape index (κ2) is 8.32. The smallest absolute Gasteiger partial charge is 0.341 e. The van der Waals surface area contributed by atoms with Crippen LogP contribution < -0.4 is 0 Å². The quantitative estimate of drug-likeness (QED) is 0.388. The van der Waals surface area contributed by atoms with Gasteiger partial charge in [-0.3, -0.25) is 4.79 Å². The summed E-state index contributed by atoms with van der Waals surface area (Å²) in [6.07, 6.45) is 0. The molecule has 5 nitrogen and oxygen atoms in total. The molecule has 2 aromatic carbocycles. The van der Waals surface area contributed by atoms with Crippen LogP contribution in [-0.2, 0) is 4.74 Å². The Bertz CT molecular complexity index is 1250. The number of thiophene rings is 1. The van der Waals surface area contributed by atoms with Crippen molar-refractivity contribution in [2.24, 2.45) is 4.99 Å². The van der Waals surface area contributed by atoms with Crippen LogP contribution in [-0.4, -0.2) is 29.2 Å². The molecule has 6 heteroatoms. The van der Waals surface area contributed by atoms with Crippen LogP contribution in [0.25, 0.3) is 16.9 Å². The zero-order valence-corrected chi connectivity index (χ0v) is 18.2. The van der Waals surface area contributed by atoms with Gasteiger partial charge in [0.15, 0.2) is 5.78 Å². The summed E-state index contributed by atoms with van der Waals surface area (Å²) in [4.78, 5) is 30.2. The van der Waals surface area contributed by atoms with Crippen LogP contribution in [0.15, 0.2) is 64.5 Å². The average Bonchev–Trinajstić information content (AvgIpc) is 3.28. The van der Waals surface area contributed by atoms with E-state index in [1.807, 2.05) is 36.6 Å². The van der Waals surface area contributed by atoms with Crippen LogP contribution in [0.2, 0.25) is 0 Å². The molecule has 0 aliphatic heterocycles. The number of allylic oxidation sites excluding steroid dienone is 1. The summed E-state index contributed by atoms with van der Waals surface area (Å²) in [5.41, 5.74) is 4.54. The fourth-order valence-electron chi connectivity index (χ4n) is 3.58. The van der Waals surface area contributed by atoms with Crippen LogP contribution in [0.4, 0.5) is 5.00 Å². The highest BCUT2D eigenvalue weighted by molar-refractivity contribution is 7.14. The molecule has 4 rings (SSSR count). The number of Topliss-reactive ketones (excluding diaryl/α,β-unsaturated/α-hetero) is 1. The average molecular weight is 432 g/mol. The molecule has 0 radical (unpaired) electrons. The van der Waals surface area contributed by atoms with Crippen LogP contribution in [0.3, 0.4) is 0 Å². The lowest BCUT2D eigenvalue weighted by Gasteiger charge is -2.07. The zero-order valence-electron chi connectivity index (χ0n) is 17.4. The van der Waals surface area contributed by atoms with E-state index < -0.39 is 5.97 Å². The number of aliphatic hydroxyl groups is 1. The van der Waals surface area contributed by atoms with Gasteiger partial charge < -0.3 is 9.84 Å². The highest BCUT2D eigenvalue weighted by Crippen LogP contribution is 2.39. The van der Waals surface area contributed by atoms with Crippen LogP contribution >= 0.6 is 11.3 Å². The van der Waals surface area contributed by atoms with Gasteiger partial charge in [0.05, 0.1) is 17.9 Å². The number of ketones is 1. The van der Waals surface area contributed by atoms with Crippen molar-refractivity contribution in [3.8, 4) is 11.1 Å². The molecule has 1 heterocycles. The van der Waals surface area contributed by atoms with Crippen molar-refractivity contribution in [1.82, 2.24) is 0 Å². The Kier molecular flexibility index (Phi) is 5.57. The summed E-state index contributed by atoms with van der Waals surface area (Å²) < 4.78 is 5.28. The van der Waals surface area contributed by atoms with Gasteiger partial charge in [-0.1, -0.05) is 54.1 Å².